The minimum absolute atomic E-state index is 0.132. The van der Waals surface area contributed by atoms with E-state index in [1.807, 2.05) is 12.1 Å². The van der Waals surface area contributed by atoms with Crippen molar-refractivity contribution in [3.8, 4) is 0 Å². The van der Waals surface area contributed by atoms with Gasteiger partial charge in [0.05, 0.1) is 0 Å². The maximum atomic E-state index is 12.9. The molecule has 1 aliphatic carbocycles. The number of thiophene rings is 1. The molecule has 0 bridgehead atoms. The molecule has 1 nitrogen and oxygen atoms in total. The number of hydrogen-bond acceptors (Lipinski definition) is 2. The van der Waals surface area contributed by atoms with Crippen LogP contribution in [0.5, 0.6) is 0 Å². The molecule has 0 spiro atoms. The van der Waals surface area contributed by atoms with Gasteiger partial charge in [0.2, 0.25) is 0 Å². The minimum atomic E-state index is 0.132. The van der Waals surface area contributed by atoms with Crippen molar-refractivity contribution in [2.24, 2.45) is 5.92 Å². The van der Waals surface area contributed by atoms with Gasteiger partial charge in [-0.1, -0.05) is 36.4 Å². The molecule has 1 atom stereocenters. The van der Waals surface area contributed by atoms with E-state index in [0.717, 1.165) is 29.5 Å². The summed E-state index contributed by atoms with van der Waals surface area (Å²) in [6.45, 7) is 0. The van der Waals surface area contributed by atoms with Crippen LogP contribution in [-0.4, -0.2) is 5.78 Å². The number of rotatable bonds is 2. The maximum Gasteiger partial charge on any atom is 0.167 e. The first-order valence-corrected chi connectivity index (χ1v) is 8.28. The van der Waals surface area contributed by atoms with Crippen LogP contribution < -0.4 is 0 Å². The Balaban J connectivity index is 1.69. The molecule has 3 aromatic rings. The average molecular weight is 292 g/mol. The molecule has 1 unspecified atom stereocenters. The molecule has 1 aromatic heterocycles. The van der Waals surface area contributed by atoms with Crippen LogP contribution in [0.15, 0.2) is 53.9 Å². The molecule has 0 fully saturated rings. The van der Waals surface area contributed by atoms with E-state index in [-0.39, 0.29) is 5.92 Å². The van der Waals surface area contributed by atoms with Crippen molar-refractivity contribution in [1.29, 1.82) is 0 Å². The number of fused-ring (bicyclic) bond motifs is 2. The highest BCUT2D eigenvalue weighted by Gasteiger charge is 2.26. The Morgan fingerprint density at radius 3 is 2.76 bits per heavy atom. The lowest BCUT2D eigenvalue weighted by atomic mass is 9.80. The van der Waals surface area contributed by atoms with Gasteiger partial charge in [-0.3, -0.25) is 4.79 Å². The van der Waals surface area contributed by atoms with Crippen molar-refractivity contribution in [2.75, 3.05) is 0 Å². The molecule has 2 heteroatoms. The number of aryl methyl sites for hydroxylation is 1. The van der Waals surface area contributed by atoms with Gasteiger partial charge in [-0.25, -0.2) is 0 Å². The highest BCUT2D eigenvalue weighted by Crippen LogP contribution is 2.31. The molecular weight excluding hydrogens is 276 g/mol. The summed E-state index contributed by atoms with van der Waals surface area (Å²) in [6.07, 6.45) is 2.88. The van der Waals surface area contributed by atoms with E-state index >= 15 is 0 Å². The number of benzene rings is 2. The first kappa shape index (κ1) is 12.8. The van der Waals surface area contributed by atoms with Gasteiger partial charge in [-0.05, 0) is 53.3 Å². The fourth-order valence-corrected chi connectivity index (χ4v) is 4.25. The Kier molecular flexibility index (Phi) is 3.12. The van der Waals surface area contributed by atoms with Gasteiger partial charge in [0.25, 0.3) is 0 Å². The van der Waals surface area contributed by atoms with Crippen LogP contribution in [0.25, 0.3) is 10.1 Å². The van der Waals surface area contributed by atoms with Crippen LogP contribution in [-0.2, 0) is 12.8 Å². The molecular formula is C19H16OS. The number of hydrogen-bond donors (Lipinski definition) is 0. The molecule has 104 valence electrons. The van der Waals surface area contributed by atoms with Crippen molar-refractivity contribution in [1.82, 2.24) is 0 Å². The van der Waals surface area contributed by atoms with Gasteiger partial charge >= 0.3 is 0 Å². The van der Waals surface area contributed by atoms with E-state index in [1.165, 1.54) is 16.5 Å². The second-order valence-electron chi connectivity index (χ2n) is 5.72. The number of Topliss-reactive ketones (excluding diaryl/α,β-unsaturated/α-hetero) is 1. The van der Waals surface area contributed by atoms with Crippen molar-refractivity contribution < 1.29 is 4.79 Å². The fraction of sp³-hybridized carbons (Fsp3) is 0.211. The van der Waals surface area contributed by atoms with E-state index in [0.29, 0.717) is 5.78 Å². The largest absolute Gasteiger partial charge is 0.294 e. The molecule has 0 saturated heterocycles. The Morgan fingerprint density at radius 1 is 1.00 bits per heavy atom. The molecule has 4 rings (SSSR count). The predicted octanol–water partition coefficient (Wildman–Crippen LogP) is 4.89. The van der Waals surface area contributed by atoms with Gasteiger partial charge in [0.1, 0.15) is 0 Å². The first-order valence-electron chi connectivity index (χ1n) is 7.40. The van der Waals surface area contributed by atoms with Crippen LogP contribution in [0.2, 0.25) is 0 Å². The third-order valence-corrected chi connectivity index (χ3v) is 5.43. The maximum absolute atomic E-state index is 12.9. The zero-order chi connectivity index (χ0) is 14.2. The van der Waals surface area contributed by atoms with Crippen LogP contribution in [0, 0.1) is 5.92 Å². The third kappa shape index (κ3) is 2.20. The Hall–Kier alpha value is -1.93. The van der Waals surface area contributed by atoms with Gasteiger partial charge < -0.3 is 0 Å². The van der Waals surface area contributed by atoms with Crippen molar-refractivity contribution in [3.63, 3.8) is 0 Å². The normalized spacial score (nSPS) is 17.6. The lowest BCUT2D eigenvalue weighted by Gasteiger charge is -2.23. The van der Waals surface area contributed by atoms with E-state index < -0.39 is 0 Å². The summed E-state index contributed by atoms with van der Waals surface area (Å²) in [4.78, 5) is 12.9. The van der Waals surface area contributed by atoms with E-state index in [4.69, 9.17) is 0 Å². The zero-order valence-electron chi connectivity index (χ0n) is 11.7. The van der Waals surface area contributed by atoms with Crippen LogP contribution in [0.4, 0.5) is 0 Å². The summed E-state index contributed by atoms with van der Waals surface area (Å²) in [5.74, 6) is 0.449. The standard InChI is InChI=1S/C19H16OS/c20-18(17-7-3-6-14-10-11-21-19(14)17)16-9-8-13-4-1-2-5-15(13)12-16/h1-7,10-11,16H,8-9,12H2. The molecule has 1 heterocycles. The minimum Gasteiger partial charge on any atom is -0.294 e. The predicted molar refractivity (Wildman–Crippen MR) is 88.1 cm³/mol. The molecule has 0 amide bonds. The highest BCUT2D eigenvalue weighted by atomic mass is 32.1. The molecule has 21 heavy (non-hydrogen) atoms. The van der Waals surface area contributed by atoms with Gasteiger partial charge in [0, 0.05) is 16.2 Å². The van der Waals surface area contributed by atoms with Crippen molar-refractivity contribution in [3.05, 3.63) is 70.6 Å². The Bertz CT molecular complexity index is 815. The monoisotopic (exact) mass is 292 g/mol. The van der Waals surface area contributed by atoms with E-state index in [1.54, 1.807) is 11.3 Å². The summed E-state index contributed by atoms with van der Waals surface area (Å²) >= 11 is 1.67. The van der Waals surface area contributed by atoms with Gasteiger partial charge in [-0.15, -0.1) is 11.3 Å². The molecule has 0 radical (unpaired) electrons. The summed E-state index contributed by atoms with van der Waals surface area (Å²) in [5, 5.41) is 3.25. The second-order valence-corrected chi connectivity index (χ2v) is 6.63. The summed E-state index contributed by atoms with van der Waals surface area (Å²) < 4.78 is 1.14. The van der Waals surface area contributed by atoms with Gasteiger partial charge in [-0.2, -0.15) is 0 Å². The number of carbonyl (C=O) groups excluding carboxylic acids is 1. The highest BCUT2D eigenvalue weighted by molar-refractivity contribution is 7.17. The summed E-state index contributed by atoms with van der Waals surface area (Å²) in [7, 11) is 0. The van der Waals surface area contributed by atoms with Gasteiger partial charge in [0.15, 0.2) is 5.78 Å². The van der Waals surface area contributed by atoms with Crippen LogP contribution in [0.1, 0.15) is 27.9 Å². The van der Waals surface area contributed by atoms with Crippen molar-refractivity contribution >= 4 is 27.2 Å². The fourth-order valence-electron chi connectivity index (χ4n) is 3.33. The van der Waals surface area contributed by atoms with E-state index in [2.05, 4.69) is 41.8 Å². The SMILES string of the molecule is O=C(c1cccc2ccsc12)C1CCc2ccccc2C1. The summed E-state index contributed by atoms with van der Waals surface area (Å²) in [6, 6.07) is 16.7. The molecule has 1 aliphatic rings. The first-order chi connectivity index (χ1) is 10.3. The number of ketones is 1. The van der Waals surface area contributed by atoms with Crippen LogP contribution in [0.3, 0.4) is 0 Å². The molecule has 0 saturated carbocycles. The average Bonchev–Trinajstić information content (AvgIpc) is 3.02. The number of carbonyl (C=O) groups is 1. The topological polar surface area (TPSA) is 17.1 Å². The zero-order valence-corrected chi connectivity index (χ0v) is 12.5. The van der Waals surface area contributed by atoms with E-state index in [9.17, 15) is 4.79 Å². The molecule has 0 N–H and O–H groups in total. The Morgan fingerprint density at radius 2 is 1.86 bits per heavy atom. The second kappa shape index (κ2) is 5.12. The smallest absolute Gasteiger partial charge is 0.167 e. The lowest BCUT2D eigenvalue weighted by molar-refractivity contribution is 0.0910. The molecule has 0 aliphatic heterocycles. The third-order valence-electron chi connectivity index (χ3n) is 4.46. The lowest BCUT2D eigenvalue weighted by Crippen LogP contribution is -2.22. The van der Waals surface area contributed by atoms with Crippen molar-refractivity contribution in [2.45, 2.75) is 19.3 Å². The molecule has 2 aromatic carbocycles. The summed E-state index contributed by atoms with van der Waals surface area (Å²) in [5.41, 5.74) is 3.67. The van der Waals surface area contributed by atoms with Crippen LogP contribution >= 0.6 is 11.3 Å². The Labute approximate surface area is 128 Å². The quantitative estimate of drug-likeness (QED) is 0.615.